The maximum atomic E-state index is 13.4. The maximum Gasteiger partial charge on any atom is 0.322 e. The highest BCUT2D eigenvalue weighted by molar-refractivity contribution is 6.30. The molecule has 0 radical (unpaired) electrons. The second kappa shape index (κ2) is 9.42. The van der Waals surface area contributed by atoms with Crippen LogP contribution in [-0.2, 0) is 9.59 Å². The van der Waals surface area contributed by atoms with Crippen LogP contribution in [0.1, 0.15) is 32.1 Å². The van der Waals surface area contributed by atoms with Gasteiger partial charge in [0.2, 0.25) is 18.6 Å². The van der Waals surface area contributed by atoms with E-state index in [1.54, 1.807) is 47.4 Å². The van der Waals surface area contributed by atoms with E-state index >= 15 is 0 Å². The monoisotopic (exact) mass is 484 g/mol. The summed E-state index contributed by atoms with van der Waals surface area (Å²) >= 11 is 6.06. The SMILES string of the molecule is O=C(C[C@H]1C(=O)N[C@H]2CCCC[C@H]2N1C(=O)Nc1cccc(Cl)c1)Nc1ccc2c(c1)OCO2. The summed E-state index contributed by atoms with van der Waals surface area (Å²) < 4.78 is 10.6. The van der Waals surface area contributed by atoms with E-state index in [4.69, 9.17) is 21.1 Å². The predicted octanol–water partition coefficient (Wildman–Crippen LogP) is 3.74. The minimum Gasteiger partial charge on any atom is -0.454 e. The number of nitrogens with zero attached hydrogens (tertiary/aromatic N) is 1. The van der Waals surface area contributed by atoms with E-state index in [0.717, 1.165) is 25.7 Å². The molecule has 2 heterocycles. The van der Waals surface area contributed by atoms with Crippen LogP contribution in [0.3, 0.4) is 0 Å². The van der Waals surface area contributed by atoms with Crippen LogP contribution in [0, 0.1) is 0 Å². The molecular formula is C24H25ClN4O5. The van der Waals surface area contributed by atoms with Crippen LogP contribution in [-0.4, -0.2) is 47.7 Å². The number of rotatable bonds is 4. The summed E-state index contributed by atoms with van der Waals surface area (Å²) in [7, 11) is 0. The van der Waals surface area contributed by atoms with Crippen molar-refractivity contribution in [2.75, 3.05) is 17.4 Å². The molecular weight excluding hydrogens is 460 g/mol. The van der Waals surface area contributed by atoms with E-state index in [1.165, 1.54) is 0 Å². The summed E-state index contributed by atoms with van der Waals surface area (Å²) in [6.07, 6.45) is 3.32. The first-order chi connectivity index (χ1) is 16.5. The number of benzene rings is 2. The van der Waals surface area contributed by atoms with Crippen LogP contribution in [0.4, 0.5) is 16.2 Å². The molecule has 2 aliphatic heterocycles. The average Bonchev–Trinajstić information content (AvgIpc) is 3.27. The van der Waals surface area contributed by atoms with E-state index in [-0.39, 0.29) is 37.1 Å². The average molecular weight is 485 g/mol. The van der Waals surface area contributed by atoms with Gasteiger partial charge < -0.3 is 30.3 Å². The van der Waals surface area contributed by atoms with Crippen molar-refractivity contribution in [3.8, 4) is 11.5 Å². The Kier molecular flexibility index (Phi) is 6.19. The van der Waals surface area contributed by atoms with Gasteiger partial charge in [-0.05, 0) is 43.2 Å². The van der Waals surface area contributed by atoms with Crippen molar-refractivity contribution < 1.29 is 23.9 Å². The van der Waals surface area contributed by atoms with Crippen LogP contribution < -0.4 is 25.4 Å². The molecule has 5 rings (SSSR count). The van der Waals surface area contributed by atoms with Crippen molar-refractivity contribution in [1.82, 2.24) is 10.2 Å². The highest BCUT2D eigenvalue weighted by atomic mass is 35.5. The Labute approximate surface area is 201 Å². The Bertz CT molecular complexity index is 1130. The van der Waals surface area contributed by atoms with Crippen molar-refractivity contribution in [1.29, 1.82) is 0 Å². The normalized spacial score (nSPS) is 23.0. The van der Waals surface area contributed by atoms with E-state index in [1.807, 2.05) is 0 Å². The van der Waals surface area contributed by atoms with Gasteiger partial charge in [0.25, 0.3) is 0 Å². The lowest BCUT2D eigenvalue weighted by molar-refractivity contribution is -0.135. The predicted molar refractivity (Wildman–Crippen MR) is 126 cm³/mol. The molecule has 4 amide bonds. The lowest BCUT2D eigenvalue weighted by atomic mass is 9.85. The van der Waals surface area contributed by atoms with Gasteiger partial charge in [-0.3, -0.25) is 9.59 Å². The minimum atomic E-state index is -0.937. The third-order valence-electron chi connectivity index (χ3n) is 6.40. The van der Waals surface area contributed by atoms with E-state index in [2.05, 4.69) is 16.0 Å². The molecule has 178 valence electrons. The van der Waals surface area contributed by atoms with Crippen molar-refractivity contribution in [3.63, 3.8) is 0 Å². The highest BCUT2D eigenvalue weighted by Crippen LogP contribution is 2.35. The number of carbonyl (C=O) groups excluding carboxylic acids is 3. The van der Waals surface area contributed by atoms with E-state index in [9.17, 15) is 14.4 Å². The van der Waals surface area contributed by atoms with Gasteiger partial charge in [0, 0.05) is 28.5 Å². The fourth-order valence-electron chi connectivity index (χ4n) is 4.85. The van der Waals surface area contributed by atoms with Crippen LogP contribution in [0.5, 0.6) is 11.5 Å². The van der Waals surface area contributed by atoms with Crippen LogP contribution in [0.15, 0.2) is 42.5 Å². The number of piperazine rings is 1. The summed E-state index contributed by atoms with van der Waals surface area (Å²) in [5.41, 5.74) is 1.05. The fraction of sp³-hybridized carbons (Fsp3) is 0.375. The minimum absolute atomic E-state index is 0.125. The van der Waals surface area contributed by atoms with Crippen molar-refractivity contribution >= 4 is 40.8 Å². The number of urea groups is 1. The van der Waals surface area contributed by atoms with Crippen LogP contribution >= 0.6 is 11.6 Å². The number of halogens is 1. The largest absolute Gasteiger partial charge is 0.454 e. The third kappa shape index (κ3) is 4.61. The summed E-state index contributed by atoms with van der Waals surface area (Å²) in [4.78, 5) is 40.9. The zero-order chi connectivity index (χ0) is 23.7. The molecule has 3 aliphatic rings. The zero-order valence-electron chi connectivity index (χ0n) is 18.4. The van der Waals surface area contributed by atoms with Gasteiger partial charge >= 0.3 is 6.03 Å². The van der Waals surface area contributed by atoms with E-state index in [0.29, 0.717) is 27.9 Å². The number of ether oxygens (including phenoxy) is 2. The lowest BCUT2D eigenvalue weighted by Crippen LogP contribution is -2.68. The Morgan fingerprint density at radius 3 is 2.68 bits per heavy atom. The first-order valence-electron chi connectivity index (χ1n) is 11.3. The second-order valence-electron chi connectivity index (χ2n) is 8.65. The molecule has 2 aromatic carbocycles. The number of hydrogen-bond acceptors (Lipinski definition) is 5. The Morgan fingerprint density at radius 1 is 1.03 bits per heavy atom. The molecule has 0 bridgehead atoms. The molecule has 0 spiro atoms. The molecule has 0 unspecified atom stereocenters. The standard InChI is InChI=1S/C24H25ClN4O5/c25-14-4-3-5-15(10-14)27-24(32)29-18-7-2-1-6-17(18)28-23(31)19(29)12-22(30)26-16-8-9-20-21(11-16)34-13-33-20/h3-5,8-11,17-19H,1-2,6-7,12-13H2,(H,26,30)(H,27,32)(H,28,31)/t17-,18+,19-/m0/s1. The van der Waals surface area contributed by atoms with Gasteiger partial charge in [0.05, 0.1) is 12.5 Å². The molecule has 1 saturated carbocycles. The van der Waals surface area contributed by atoms with Gasteiger partial charge in [0.1, 0.15) is 6.04 Å². The number of fused-ring (bicyclic) bond motifs is 2. The highest BCUT2D eigenvalue weighted by Gasteiger charge is 2.46. The summed E-state index contributed by atoms with van der Waals surface area (Å²) in [5, 5.41) is 9.17. The van der Waals surface area contributed by atoms with Crippen LogP contribution in [0.2, 0.25) is 5.02 Å². The van der Waals surface area contributed by atoms with Gasteiger partial charge in [0.15, 0.2) is 11.5 Å². The van der Waals surface area contributed by atoms with Crippen molar-refractivity contribution in [3.05, 3.63) is 47.5 Å². The van der Waals surface area contributed by atoms with Crippen molar-refractivity contribution in [2.24, 2.45) is 0 Å². The Balaban J connectivity index is 1.35. The van der Waals surface area contributed by atoms with E-state index < -0.39 is 12.1 Å². The molecule has 34 heavy (non-hydrogen) atoms. The second-order valence-corrected chi connectivity index (χ2v) is 9.09. The number of amides is 4. The summed E-state index contributed by atoms with van der Waals surface area (Å²) in [6, 6.07) is 10.2. The maximum absolute atomic E-state index is 13.4. The number of hydrogen-bond donors (Lipinski definition) is 3. The van der Waals surface area contributed by atoms with Gasteiger partial charge in [-0.2, -0.15) is 0 Å². The molecule has 10 heteroatoms. The first-order valence-corrected chi connectivity index (χ1v) is 11.7. The van der Waals surface area contributed by atoms with Gasteiger partial charge in [-0.15, -0.1) is 0 Å². The summed E-state index contributed by atoms with van der Waals surface area (Å²) in [5.74, 6) is 0.441. The van der Waals surface area contributed by atoms with Gasteiger partial charge in [-0.1, -0.05) is 30.5 Å². The molecule has 0 aromatic heterocycles. The molecule has 3 N–H and O–H groups in total. The Hall–Kier alpha value is -3.46. The topological polar surface area (TPSA) is 109 Å². The zero-order valence-corrected chi connectivity index (χ0v) is 19.1. The number of anilines is 2. The van der Waals surface area contributed by atoms with Crippen molar-refractivity contribution in [2.45, 2.75) is 50.2 Å². The molecule has 2 aromatic rings. The third-order valence-corrected chi connectivity index (χ3v) is 6.63. The molecule has 2 fully saturated rings. The number of nitrogens with one attached hydrogen (secondary N) is 3. The fourth-order valence-corrected chi connectivity index (χ4v) is 5.04. The van der Waals surface area contributed by atoms with Gasteiger partial charge in [-0.25, -0.2) is 4.79 Å². The smallest absolute Gasteiger partial charge is 0.322 e. The Morgan fingerprint density at radius 2 is 1.82 bits per heavy atom. The quantitative estimate of drug-likeness (QED) is 0.612. The molecule has 9 nitrogen and oxygen atoms in total. The molecule has 1 saturated heterocycles. The first kappa shape index (κ1) is 22.3. The van der Waals surface area contributed by atoms with Crippen LogP contribution in [0.25, 0.3) is 0 Å². The molecule has 1 aliphatic carbocycles. The summed E-state index contributed by atoms with van der Waals surface area (Å²) in [6.45, 7) is 0.133. The number of carbonyl (C=O) groups is 3. The molecule has 3 atom stereocenters. The lowest BCUT2D eigenvalue weighted by Gasteiger charge is -2.47.